The largest absolute Gasteiger partial charge is 0.452 e. The van der Waals surface area contributed by atoms with Gasteiger partial charge in [0.1, 0.15) is 0 Å². The van der Waals surface area contributed by atoms with Gasteiger partial charge in [-0.15, -0.1) is 0 Å². The van der Waals surface area contributed by atoms with E-state index >= 15 is 0 Å². The maximum Gasteiger partial charge on any atom is 0.321 e. The minimum absolute atomic E-state index is 0.0546. The Balaban J connectivity index is 1.59. The van der Waals surface area contributed by atoms with E-state index in [2.05, 4.69) is 16.0 Å². The van der Waals surface area contributed by atoms with Crippen LogP contribution in [0, 0.1) is 0 Å². The summed E-state index contributed by atoms with van der Waals surface area (Å²) in [5, 5.41) is 8.05. The highest BCUT2D eigenvalue weighted by Gasteiger charge is 2.26. The lowest BCUT2D eigenvalue weighted by Crippen LogP contribution is -2.47. The molecule has 0 radical (unpaired) electrons. The first kappa shape index (κ1) is 25.2. The van der Waals surface area contributed by atoms with Gasteiger partial charge in [-0.05, 0) is 37.5 Å². The second kappa shape index (κ2) is 12.2. The molecule has 2 aromatic rings. The molecule has 8 nitrogen and oxygen atoms in total. The number of halogens is 1. The molecular weight excluding hydrogens is 458 g/mol. The molecule has 0 spiro atoms. The molecule has 1 aliphatic rings. The summed E-state index contributed by atoms with van der Waals surface area (Å²) in [6.45, 7) is 1.38. The SMILES string of the molecule is CC(OC(=O)CC(NC(=O)c1ccccc1Cl)c1ccccc1)C(=O)NC(=O)NC1CCCC1. The Labute approximate surface area is 203 Å². The van der Waals surface area contributed by atoms with Crippen molar-refractivity contribution in [1.29, 1.82) is 0 Å². The number of rotatable bonds is 8. The van der Waals surface area contributed by atoms with E-state index in [1.807, 2.05) is 6.07 Å². The molecule has 3 rings (SSSR count). The third kappa shape index (κ3) is 7.31. The first-order valence-electron chi connectivity index (χ1n) is 11.2. The second-order valence-corrected chi connectivity index (χ2v) is 8.60. The zero-order valence-corrected chi connectivity index (χ0v) is 19.6. The van der Waals surface area contributed by atoms with Crippen LogP contribution in [0.3, 0.4) is 0 Å². The number of hydrogen-bond acceptors (Lipinski definition) is 5. The van der Waals surface area contributed by atoms with E-state index < -0.39 is 36.0 Å². The average Bonchev–Trinajstić information content (AvgIpc) is 3.32. The number of carbonyl (C=O) groups is 4. The first-order valence-corrected chi connectivity index (χ1v) is 11.6. The zero-order valence-electron chi connectivity index (χ0n) is 18.9. The molecule has 4 amide bonds. The quantitative estimate of drug-likeness (QED) is 0.491. The van der Waals surface area contributed by atoms with E-state index in [4.69, 9.17) is 16.3 Å². The highest BCUT2D eigenvalue weighted by atomic mass is 35.5. The number of benzene rings is 2. The summed E-state index contributed by atoms with van der Waals surface area (Å²) >= 11 is 6.12. The Morgan fingerprint density at radius 3 is 2.32 bits per heavy atom. The van der Waals surface area contributed by atoms with Gasteiger partial charge in [0.2, 0.25) is 0 Å². The van der Waals surface area contributed by atoms with E-state index in [0.717, 1.165) is 25.7 Å². The predicted molar refractivity (Wildman–Crippen MR) is 127 cm³/mol. The van der Waals surface area contributed by atoms with Gasteiger partial charge in [0, 0.05) is 6.04 Å². The molecule has 0 aliphatic heterocycles. The van der Waals surface area contributed by atoms with Gasteiger partial charge >= 0.3 is 12.0 Å². The number of imide groups is 1. The highest BCUT2D eigenvalue weighted by molar-refractivity contribution is 6.33. The second-order valence-electron chi connectivity index (χ2n) is 8.20. The molecule has 3 N–H and O–H groups in total. The molecule has 0 aromatic heterocycles. The van der Waals surface area contributed by atoms with E-state index in [-0.39, 0.29) is 23.0 Å². The maximum atomic E-state index is 12.8. The molecule has 2 aromatic carbocycles. The summed E-state index contributed by atoms with van der Waals surface area (Å²) in [6, 6.07) is 14.3. The van der Waals surface area contributed by atoms with Crippen molar-refractivity contribution in [2.75, 3.05) is 0 Å². The summed E-state index contributed by atoms with van der Waals surface area (Å²) in [4.78, 5) is 49.7. The van der Waals surface area contributed by atoms with Crippen LogP contribution in [0.15, 0.2) is 54.6 Å². The zero-order chi connectivity index (χ0) is 24.5. The third-order valence-corrected chi connectivity index (χ3v) is 5.93. The molecule has 34 heavy (non-hydrogen) atoms. The van der Waals surface area contributed by atoms with Crippen LogP contribution in [0.2, 0.25) is 5.02 Å². The fourth-order valence-electron chi connectivity index (χ4n) is 3.79. The molecular formula is C25H28ClN3O5. The Hall–Kier alpha value is -3.39. The van der Waals surface area contributed by atoms with Crippen molar-refractivity contribution in [3.8, 4) is 0 Å². The first-order chi connectivity index (χ1) is 16.3. The fourth-order valence-corrected chi connectivity index (χ4v) is 4.01. The van der Waals surface area contributed by atoms with Crippen LogP contribution >= 0.6 is 11.6 Å². The van der Waals surface area contributed by atoms with Gasteiger partial charge in [-0.25, -0.2) is 4.79 Å². The third-order valence-electron chi connectivity index (χ3n) is 5.60. The minimum atomic E-state index is -1.18. The topological polar surface area (TPSA) is 114 Å². The Bertz CT molecular complexity index is 1020. The summed E-state index contributed by atoms with van der Waals surface area (Å²) in [5.74, 6) is -1.87. The van der Waals surface area contributed by atoms with Gasteiger partial charge in [0.15, 0.2) is 6.10 Å². The number of amides is 4. The van der Waals surface area contributed by atoms with Crippen LogP contribution in [-0.2, 0) is 14.3 Å². The van der Waals surface area contributed by atoms with Crippen LogP contribution in [0.25, 0.3) is 0 Å². The number of hydrogen-bond donors (Lipinski definition) is 3. The Morgan fingerprint density at radius 1 is 1.00 bits per heavy atom. The van der Waals surface area contributed by atoms with Gasteiger partial charge in [-0.2, -0.15) is 0 Å². The molecule has 9 heteroatoms. The van der Waals surface area contributed by atoms with Crippen molar-refractivity contribution in [1.82, 2.24) is 16.0 Å². The van der Waals surface area contributed by atoms with Crippen molar-refractivity contribution in [3.05, 3.63) is 70.7 Å². The van der Waals surface area contributed by atoms with Gasteiger partial charge in [0.25, 0.3) is 11.8 Å². The lowest BCUT2D eigenvalue weighted by atomic mass is 10.0. The summed E-state index contributed by atoms with van der Waals surface area (Å²) < 4.78 is 5.24. The lowest BCUT2D eigenvalue weighted by molar-refractivity contribution is -0.154. The van der Waals surface area contributed by atoms with Crippen molar-refractivity contribution in [3.63, 3.8) is 0 Å². The van der Waals surface area contributed by atoms with Crippen LogP contribution in [-0.4, -0.2) is 36.0 Å². The molecule has 0 heterocycles. The van der Waals surface area contributed by atoms with Gasteiger partial charge < -0.3 is 15.4 Å². The molecule has 1 aliphatic carbocycles. The minimum Gasteiger partial charge on any atom is -0.452 e. The highest BCUT2D eigenvalue weighted by Crippen LogP contribution is 2.21. The lowest BCUT2D eigenvalue weighted by Gasteiger charge is -2.20. The van der Waals surface area contributed by atoms with Gasteiger partial charge in [0.05, 0.1) is 23.0 Å². The van der Waals surface area contributed by atoms with Crippen molar-refractivity contribution >= 4 is 35.4 Å². The maximum absolute atomic E-state index is 12.8. The van der Waals surface area contributed by atoms with E-state index in [1.54, 1.807) is 48.5 Å². The number of carbonyl (C=O) groups excluding carboxylic acids is 4. The number of nitrogens with one attached hydrogen (secondary N) is 3. The fraction of sp³-hybridized carbons (Fsp3) is 0.360. The average molecular weight is 486 g/mol. The molecule has 1 saturated carbocycles. The van der Waals surface area contributed by atoms with Crippen LogP contribution in [0.4, 0.5) is 4.79 Å². The number of esters is 1. The molecule has 0 bridgehead atoms. The molecule has 2 unspecified atom stereocenters. The Morgan fingerprint density at radius 2 is 1.65 bits per heavy atom. The van der Waals surface area contributed by atoms with Crippen molar-refractivity contribution in [2.45, 2.75) is 57.2 Å². The monoisotopic (exact) mass is 485 g/mol. The molecule has 2 atom stereocenters. The molecule has 1 fully saturated rings. The molecule has 180 valence electrons. The van der Waals surface area contributed by atoms with Crippen molar-refractivity contribution in [2.24, 2.45) is 0 Å². The van der Waals surface area contributed by atoms with E-state index in [9.17, 15) is 19.2 Å². The predicted octanol–water partition coefficient (Wildman–Crippen LogP) is 3.90. The number of ether oxygens (including phenoxy) is 1. The Kier molecular flexibility index (Phi) is 9.04. The standard InChI is InChI=1S/C25H28ClN3O5/c1-16(23(31)29-25(33)27-18-11-5-6-12-18)34-22(30)15-21(17-9-3-2-4-10-17)28-24(32)19-13-7-8-14-20(19)26/h2-4,7-10,13-14,16,18,21H,5-6,11-12,15H2,1H3,(H,28,32)(H2,27,29,31,33). The van der Waals surface area contributed by atoms with Crippen LogP contribution in [0.5, 0.6) is 0 Å². The molecule has 0 saturated heterocycles. The summed E-state index contributed by atoms with van der Waals surface area (Å²) in [6.07, 6.45) is 2.45. The number of urea groups is 1. The van der Waals surface area contributed by atoms with Gasteiger partial charge in [-0.1, -0.05) is 66.9 Å². The summed E-state index contributed by atoms with van der Waals surface area (Å²) in [7, 11) is 0. The van der Waals surface area contributed by atoms with Crippen LogP contribution < -0.4 is 16.0 Å². The van der Waals surface area contributed by atoms with Crippen molar-refractivity contribution < 1.29 is 23.9 Å². The smallest absolute Gasteiger partial charge is 0.321 e. The summed E-state index contributed by atoms with van der Waals surface area (Å²) in [5.41, 5.74) is 0.965. The van der Waals surface area contributed by atoms with Crippen LogP contribution in [0.1, 0.15) is 61.0 Å². The normalized spacial score (nSPS) is 15.1. The van der Waals surface area contributed by atoms with E-state index in [0.29, 0.717) is 5.56 Å². The van der Waals surface area contributed by atoms with Gasteiger partial charge in [-0.3, -0.25) is 19.7 Å². The van der Waals surface area contributed by atoms with E-state index in [1.165, 1.54) is 6.92 Å².